The molecule has 1 aromatic carbocycles. The van der Waals surface area contributed by atoms with Gasteiger partial charge >= 0.3 is 0 Å². The number of halogens is 2. The summed E-state index contributed by atoms with van der Waals surface area (Å²) in [7, 11) is 4.68. The molecule has 0 saturated carbocycles. The number of benzene rings is 1. The van der Waals surface area contributed by atoms with Gasteiger partial charge in [0, 0.05) is 14.2 Å². The Hall–Kier alpha value is -2.65. The van der Waals surface area contributed by atoms with Crippen LogP contribution in [-0.4, -0.2) is 42.0 Å². The maximum atomic E-state index is 13.6. The predicted octanol–water partition coefficient (Wildman–Crippen LogP) is 4.27. The van der Waals surface area contributed by atoms with Gasteiger partial charge in [-0.1, -0.05) is 6.07 Å². The number of ether oxygens (including phenoxy) is 2. The van der Waals surface area contributed by atoms with Gasteiger partial charge in [-0.2, -0.15) is 4.98 Å². The number of methoxy groups -OCH3 is 2. The van der Waals surface area contributed by atoms with Gasteiger partial charge in [-0.15, -0.1) is 11.3 Å². The van der Waals surface area contributed by atoms with E-state index in [1.54, 1.807) is 21.1 Å². The van der Waals surface area contributed by atoms with Crippen molar-refractivity contribution in [3.63, 3.8) is 0 Å². The Bertz CT molecular complexity index is 1070. The van der Waals surface area contributed by atoms with Crippen LogP contribution >= 0.6 is 11.3 Å². The Labute approximate surface area is 171 Å². The Morgan fingerprint density at radius 3 is 2.59 bits per heavy atom. The standard InChI is InChI=1S/C20H21F2N3O3S/c1-10-16-18(28-5)23-15(9-27-4)24-19(16)29-17(10)20(26)25(3)11(2)12-6-7-13(21)14(22)8-12/h6-8,11H,9H2,1-5H3. The molecule has 0 saturated heterocycles. The average Bonchev–Trinajstić information content (AvgIpc) is 3.04. The zero-order valence-electron chi connectivity index (χ0n) is 16.7. The zero-order chi connectivity index (χ0) is 21.3. The van der Waals surface area contributed by atoms with E-state index in [1.165, 1.54) is 29.4 Å². The second-order valence-electron chi connectivity index (χ2n) is 6.58. The number of aromatic nitrogens is 2. The number of nitrogens with zero attached hydrogens (tertiary/aromatic N) is 3. The van der Waals surface area contributed by atoms with Crippen molar-refractivity contribution < 1.29 is 23.0 Å². The third-order valence-electron chi connectivity index (χ3n) is 4.79. The van der Waals surface area contributed by atoms with Gasteiger partial charge in [-0.3, -0.25) is 4.79 Å². The molecule has 9 heteroatoms. The van der Waals surface area contributed by atoms with Crippen molar-refractivity contribution in [1.82, 2.24) is 14.9 Å². The van der Waals surface area contributed by atoms with Crippen LogP contribution in [0.1, 0.15) is 39.6 Å². The Kier molecular flexibility index (Phi) is 6.09. The maximum Gasteiger partial charge on any atom is 0.264 e. The SMILES string of the molecule is COCc1nc(OC)c2c(C)c(C(=O)N(C)C(C)c3ccc(F)c(F)c3)sc2n1. The Morgan fingerprint density at radius 2 is 1.97 bits per heavy atom. The maximum absolute atomic E-state index is 13.6. The van der Waals surface area contributed by atoms with Crippen molar-refractivity contribution in [3.8, 4) is 5.88 Å². The number of amides is 1. The van der Waals surface area contributed by atoms with Crippen LogP contribution in [0.15, 0.2) is 18.2 Å². The van der Waals surface area contributed by atoms with Gasteiger partial charge in [0.1, 0.15) is 11.4 Å². The number of hydrogen-bond acceptors (Lipinski definition) is 6. The van der Waals surface area contributed by atoms with Crippen molar-refractivity contribution in [3.05, 3.63) is 51.7 Å². The molecule has 3 rings (SSSR count). The van der Waals surface area contributed by atoms with Crippen LogP contribution < -0.4 is 4.74 Å². The molecule has 0 radical (unpaired) electrons. The third-order valence-corrected chi connectivity index (χ3v) is 5.97. The summed E-state index contributed by atoms with van der Waals surface area (Å²) < 4.78 is 37.3. The normalized spacial score (nSPS) is 12.2. The topological polar surface area (TPSA) is 64.6 Å². The van der Waals surface area contributed by atoms with E-state index < -0.39 is 17.7 Å². The fourth-order valence-electron chi connectivity index (χ4n) is 3.02. The van der Waals surface area contributed by atoms with Crippen LogP contribution in [0.3, 0.4) is 0 Å². The highest BCUT2D eigenvalue weighted by Gasteiger charge is 2.26. The summed E-state index contributed by atoms with van der Waals surface area (Å²) in [5.41, 5.74) is 1.21. The van der Waals surface area contributed by atoms with E-state index in [-0.39, 0.29) is 12.5 Å². The molecular formula is C20H21F2N3O3S. The highest BCUT2D eigenvalue weighted by molar-refractivity contribution is 7.20. The number of rotatable bonds is 6. The molecule has 6 nitrogen and oxygen atoms in total. The molecule has 29 heavy (non-hydrogen) atoms. The molecule has 0 aliphatic rings. The van der Waals surface area contributed by atoms with Crippen LogP contribution in [0.25, 0.3) is 10.2 Å². The largest absolute Gasteiger partial charge is 0.480 e. The molecule has 0 aliphatic heterocycles. The highest BCUT2D eigenvalue weighted by atomic mass is 32.1. The lowest BCUT2D eigenvalue weighted by Crippen LogP contribution is -2.29. The van der Waals surface area contributed by atoms with E-state index in [4.69, 9.17) is 9.47 Å². The van der Waals surface area contributed by atoms with Gasteiger partial charge in [0.15, 0.2) is 17.5 Å². The minimum Gasteiger partial charge on any atom is -0.480 e. The molecular weight excluding hydrogens is 400 g/mol. The van der Waals surface area contributed by atoms with Crippen LogP contribution in [0.2, 0.25) is 0 Å². The molecule has 154 valence electrons. The fraction of sp³-hybridized carbons (Fsp3) is 0.350. The van der Waals surface area contributed by atoms with E-state index in [0.717, 1.165) is 12.1 Å². The van der Waals surface area contributed by atoms with Crippen molar-refractivity contribution in [2.75, 3.05) is 21.3 Å². The summed E-state index contributed by atoms with van der Waals surface area (Å²) in [6, 6.07) is 3.17. The molecule has 0 bridgehead atoms. The number of carbonyl (C=O) groups is 1. The first-order valence-electron chi connectivity index (χ1n) is 8.83. The van der Waals surface area contributed by atoms with E-state index >= 15 is 0 Å². The molecule has 3 aromatic rings. The average molecular weight is 421 g/mol. The minimum absolute atomic E-state index is 0.222. The molecule has 0 fully saturated rings. The highest BCUT2D eigenvalue weighted by Crippen LogP contribution is 2.36. The summed E-state index contributed by atoms with van der Waals surface area (Å²) in [6.45, 7) is 3.79. The molecule has 1 unspecified atom stereocenters. The summed E-state index contributed by atoms with van der Waals surface area (Å²) in [5, 5.41) is 0.676. The fourth-order valence-corrected chi connectivity index (χ4v) is 4.19. The summed E-state index contributed by atoms with van der Waals surface area (Å²) in [6.07, 6.45) is 0. The quantitative estimate of drug-likeness (QED) is 0.595. The molecule has 0 aliphatic carbocycles. The second kappa shape index (κ2) is 8.38. The van der Waals surface area contributed by atoms with Crippen LogP contribution in [-0.2, 0) is 11.3 Å². The smallest absolute Gasteiger partial charge is 0.264 e. The molecule has 1 amide bonds. The Morgan fingerprint density at radius 1 is 1.24 bits per heavy atom. The number of carbonyl (C=O) groups excluding carboxylic acids is 1. The van der Waals surface area contributed by atoms with Crippen LogP contribution in [0.5, 0.6) is 5.88 Å². The second-order valence-corrected chi connectivity index (χ2v) is 7.58. The van der Waals surface area contributed by atoms with Crippen molar-refractivity contribution in [1.29, 1.82) is 0 Å². The number of aryl methyl sites for hydroxylation is 1. The van der Waals surface area contributed by atoms with Gasteiger partial charge in [0.25, 0.3) is 5.91 Å². The lowest BCUT2D eigenvalue weighted by atomic mass is 10.1. The van der Waals surface area contributed by atoms with E-state index in [2.05, 4.69) is 9.97 Å². The van der Waals surface area contributed by atoms with Crippen molar-refractivity contribution in [2.24, 2.45) is 0 Å². The first-order valence-corrected chi connectivity index (χ1v) is 9.65. The lowest BCUT2D eigenvalue weighted by Gasteiger charge is -2.25. The first kappa shape index (κ1) is 21.1. The van der Waals surface area contributed by atoms with E-state index in [1.807, 2.05) is 6.92 Å². The molecule has 2 heterocycles. The van der Waals surface area contributed by atoms with Gasteiger partial charge < -0.3 is 14.4 Å². The number of thiophene rings is 1. The predicted molar refractivity (Wildman–Crippen MR) is 106 cm³/mol. The van der Waals surface area contributed by atoms with E-state index in [9.17, 15) is 13.6 Å². The summed E-state index contributed by atoms with van der Waals surface area (Å²) >= 11 is 1.24. The van der Waals surface area contributed by atoms with Gasteiger partial charge in [0.2, 0.25) is 5.88 Å². The minimum atomic E-state index is -0.945. The van der Waals surface area contributed by atoms with Gasteiger partial charge in [0.05, 0.1) is 23.4 Å². The van der Waals surface area contributed by atoms with Crippen molar-refractivity contribution >= 4 is 27.5 Å². The summed E-state index contributed by atoms with van der Waals surface area (Å²) in [5.74, 6) is -1.28. The monoisotopic (exact) mass is 421 g/mol. The van der Waals surface area contributed by atoms with Gasteiger partial charge in [-0.25, -0.2) is 13.8 Å². The molecule has 1 atom stereocenters. The zero-order valence-corrected chi connectivity index (χ0v) is 17.6. The number of hydrogen-bond donors (Lipinski definition) is 0. The molecule has 0 spiro atoms. The van der Waals surface area contributed by atoms with Gasteiger partial charge in [-0.05, 0) is 37.1 Å². The summed E-state index contributed by atoms with van der Waals surface area (Å²) in [4.78, 5) is 24.6. The van der Waals surface area contributed by atoms with Crippen LogP contribution in [0.4, 0.5) is 8.78 Å². The lowest BCUT2D eigenvalue weighted by molar-refractivity contribution is 0.0746. The van der Waals surface area contributed by atoms with E-state index in [0.29, 0.717) is 37.9 Å². The first-order chi connectivity index (χ1) is 13.8. The molecule has 2 aromatic heterocycles. The van der Waals surface area contributed by atoms with Crippen molar-refractivity contribution in [2.45, 2.75) is 26.5 Å². The Balaban J connectivity index is 1.99. The number of fused-ring (bicyclic) bond motifs is 1. The van der Waals surface area contributed by atoms with Crippen LogP contribution in [0, 0.1) is 18.6 Å². The molecule has 0 N–H and O–H groups in total. The third kappa shape index (κ3) is 3.92.